The molecule has 1 aromatic rings. The maximum Gasteiger partial charge on any atom is 0.161 e. The van der Waals surface area contributed by atoms with Gasteiger partial charge in [0.2, 0.25) is 0 Å². The van der Waals surface area contributed by atoms with Crippen LogP contribution in [0.4, 0.5) is 0 Å². The van der Waals surface area contributed by atoms with E-state index in [0.29, 0.717) is 17.1 Å². The van der Waals surface area contributed by atoms with E-state index >= 15 is 0 Å². The normalized spacial score (nSPS) is 12.0. The summed E-state index contributed by atoms with van der Waals surface area (Å²) in [5.74, 6) is 1.10. The molecule has 0 fully saturated rings. The fraction of sp³-hybridized carbons (Fsp3) is 0.364. The molecule has 0 aromatic heterocycles. The molecule has 1 rings (SSSR count). The van der Waals surface area contributed by atoms with Crippen LogP contribution in [0.1, 0.15) is 17.9 Å². The second-order valence-corrected chi connectivity index (χ2v) is 3.52. The Labute approximate surface area is 93.9 Å². The van der Waals surface area contributed by atoms with Crippen LogP contribution < -0.4 is 9.47 Å². The number of hydrogen-bond donors (Lipinski definition) is 0. The Bertz CT molecular complexity index is 363. The monoisotopic (exact) mass is 228 g/mol. The minimum Gasteiger partial charge on any atom is -0.493 e. The van der Waals surface area contributed by atoms with Gasteiger partial charge in [0.1, 0.15) is 5.38 Å². The van der Waals surface area contributed by atoms with Crippen molar-refractivity contribution in [3.05, 3.63) is 23.8 Å². The third kappa shape index (κ3) is 2.63. The summed E-state index contributed by atoms with van der Waals surface area (Å²) in [4.78, 5) is 11.1. The van der Waals surface area contributed by atoms with Crippen LogP contribution in [-0.4, -0.2) is 20.0 Å². The van der Waals surface area contributed by atoms with Gasteiger partial charge in [-0.1, -0.05) is 6.07 Å². The minimum absolute atomic E-state index is 0.0936. The van der Waals surface area contributed by atoms with Crippen molar-refractivity contribution in [2.24, 2.45) is 0 Å². The summed E-state index contributed by atoms with van der Waals surface area (Å²) in [6.07, 6.45) is 0. The number of ether oxygens (including phenoxy) is 2. The zero-order chi connectivity index (χ0) is 11.4. The Morgan fingerprint density at radius 1 is 1.27 bits per heavy atom. The summed E-state index contributed by atoms with van der Waals surface area (Å²) in [6.45, 7) is 1.45. The second-order valence-electron chi connectivity index (χ2n) is 3.09. The summed E-state index contributed by atoms with van der Waals surface area (Å²) < 4.78 is 10.2. The number of alkyl halides is 1. The first kappa shape index (κ1) is 11.9. The SMILES string of the molecule is COc1ccc(C(Cl)C(C)=O)cc1OC. The lowest BCUT2D eigenvalue weighted by Gasteiger charge is -2.11. The molecule has 0 saturated heterocycles. The number of rotatable bonds is 4. The van der Waals surface area contributed by atoms with E-state index in [2.05, 4.69) is 0 Å². The summed E-state index contributed by atoms with van der Waals surface area (Å²) in [5, 5.41) is -0.634. The first-order valence-electron chi connectivity index (χ1n) is 4.46. The molecule has 15 heavy (non-hydrogen) atoms. The first-order chi connectivity index (χ1) is 7.10. The van der Waals surface area contributed by atoms with Crippen molar-refractivity contribution in [2.75, 3.05) is 14.2 Å². The standard InChI is InChI=1S/C11H13ClO3/c1-7(13)11(12)8-4-5-9(14-2)10(6-8)15-3/h4-6,11H,1-3H3. The maximum atomic E-state index is 11.1. The summed E-state index contributed by atoms with van der Waals surface area (Å²) in [7, 11) is 3.10. The molecule has 0 aliphatic carbocycles. The number of carbonyl (C=O) groups excluding carboxylic acids is 1. The minimum atomic E-state index is -0.634. The smallest absolute Gasteiger partial charge is 0.161 e. The second kappa shape index (κ2) is 5.03. The Balaban J connectivity index is 3.07. The fourth-order valence-corrected chi connectivity index (χ4v) is 1.38. The van der Waals surface area contributed by atoms with E-state index in [4.69, 9.17) is 21.1 Å². The molecular formula is C11H13ClO3. The van der Waals surface area contributed by atoms with E-state index < -0.39 is 5.38 Å². The molecule has 0 radical (unpaired) electrons. The summed E-state index contributed by atoms with van der Waals surface area (Å²) >= 11 is 5.92. The van der Waals surface area contributed by atoms with Gasteiger partial charge in [0.25, 0.3) is 0 Å². The number of hydrogen-bond acceptors (Lipinski definition) is 3. The third-order valence-electron chi connectivity index (χ3n) is 2.06. The van der Waals surface area contributed by atoms with Gasteiger partial charge < -0.3 is 9.47 Å². The van der Waals surface area contributed by atoms with Crippen LogP contribution in [0.3, 0.4) is 0 Å². The molecule has 1 unspecified atom stereocenters. The van der Waals surface area contributed by atoms with Gasteiger partial charge in [-0.25, -0.2) is 0 Å². The molecule has 4 heteroatoms. The Morgan fingerprint density at radius 3 is 2.33 bits per heavy atom. The van der Waals surface area contributed by atoms with Crippen molar-refractivity contribution >= 4 is 17.4 Å². The number of Topliss-reactive ketones (excluding diaryl/α,β-unsaturated/α-hetero) is 1. The molecule has 1 aromatic carbocycles. The topological polar surface area (TPSA) is 35.5 Å². The van der Waals surface area contributed by atoms with Crippen LogP contribution in [0.15, 0.2) is 18.2 Å². The first-order valence-corrected chi connectivity index (χ1v) is 4.90. The lowest BCUT2D eigenvalue weighted by molar-refractivity contribution is -0.116. The fourth-order valence-electron chi connectivity index (χ4n) is 1.25. The molecule has 0 N–H and O–H groups in total. The highest BCUT2D eigenvalue weighted by atomic mass is 35.5. The molecule has 0 bridgehead atoms. The molecule has 0 saturated carbocycles. The van der Waals surface area contributed by atoms with Gasteiger partial charge in [-0.05, 0) is 24.6 Å². The largest absolute Gasteiger partial charge is 0.493 e. The average molecular weight is 229 g/mol. The van der Waals surface area contributed by atoms with Gasteiger partial charge in [0.05, 0.1) is 14.2 Å². The Morgan fingerprint density at radius 2 is 1.87 bits per heavy atom. The van der Waals surface area contributed by atoms with E-state index in [0.717, 1.165) is 0 Å². The molecule has 0 aliphatic heterocycles. The van der Waals surface area contributed by atoms with Gasteiger partial charge in [-0.3, -0.25) is 4.79 Å². The van der Waals surface area contributed by atoms with Crippen LogP contribution in [0, 0.1) is 0 Å². The van der Waals surface area contributed by atoms with Crippen molar-refractivity contribution in [3.8, 4) is 11.5 Å². The lowest BCUT2D eigenvalue weighted by atomic mass is 10.1. The molecule has 0 spiro atoms. The lowest BCUT2D eigenvalue weighted by Crippen LogP contribution is -2.02. The van der Waals surface area contributed by atoms with Crippen LogP contribution >= 0.6 is 11.6 Å². The quantitative estimate of drug-likeness (QED) is 0.743. The third-order valence-corrected chi connectivity index (χ3v) is 2.62. The highest BCUT2D eigenvalue weighted by Crippen LogP contribution is 2.32. The number of benzene rings is 1. The van der Waals surface area contributed by atoms with Gasteiger partial charge in [-0.15, -0.1) is 11.6 Å². The number of carbonyl (C=O) groups is 1. The molecule has 0 aliphatic rings. The zero-order valence-electron chi connectivity index (χ0n) is 8.91. The highest BCUT2D eigenvalue weighted by Gasteiger charge is 2.15. The highest BCUT2D eigenvalue weighted by molar-refractivity contribution is 6.30. The van der Waals surface area contributed by atoms with Gasteiger partial charge >= 0.3 is 0 Å². The van der Waals surface area contributed by atoms with E-state index in [1.54, 1.807) is 32.4 Å². The van der Waals surface area contributed by atoms with E-state index in [-0.39, 0.29) is 5.78 Å². The summed E-state index contributed by atoms with van der Waals surface area (Å²) in [6, 6.07) is 5.19. The molecule has 1 atom stereocenters. The number of ketones is 1. The van der Waals surface area contributed by atoms with Gasteiger partial charge in [0.15, 0.2) is 17.3 Å². The summed E-state index contributed by atoms with van der Waals surface area (Å²) in [5.41, 5.74) is 0.710. The predicted octanol–water partition coefficient (Wildman–Crippen LogP) is 2.57. The molecule has 0 heterocycles. The average Bonchev–Trinajstić information content (AvgIpc) is 2.26. The van der Waals surface area contributed by atoms with Crippen molar-refractivity contribution in [1.82, 2.24) is 0 Å². The zero-order valence-corrected chi connectivity index (χ0v) is 9.67. The van der Waals surface area contributed by atoms with Crippen molar-refractivity contribution < 1.29 is 14.3 Å². The van der Waals surface area contributed by atoms with E-state index in [1.165, 1.54) is 6.92 Å². The van der Waals surface area contributed by atoms with Crippen molar-refractivity contribution in [1.29, 1.82) is 0 Å². The van der Waals surface area contributed by atoms with Crippen molar-refractivity contribution in [2.45, 2.75) is 12.3 Å². The maximum absolute atomic E-state index is 11.1. The van der Waals surface area contributed by atoms with Crippen LogP contribution in [0.2, 0.25) is 0 Å². The molecule has 82 valence electrons. The van der Waals surface area contributed by atoms with E-state index in [9.17, 15) is 4.79 Å². The van der Waals surface area contributed by atoms with Crippen LogP contribution in [-0.2, 0) is 4.79 Å². The molecule has 3 nitrogen and oxygen atoms in total. The molecular weight excluding hydrogens is 216 g/mol. The number of halogens is 1. The Hall–Kier alpha value is -1.22. The van der Waals surface area contributed by atoms with Crippen LogP contribution in [0.5, 0.6) is 11.5 Å². The van der Waals surface area contributed by atoms with Gasteiger partial charge in [-0.2, -0.15) is 0 Å². The molecule has 0 amide bonds. The van der Waals surface area contributed by atoms with Crippen LogP contribution in [0.25, 0.3) is 0 Å². The van der Waals surface area contributed by atoms with Crippen molar-refractivity contribution in [3.63, 3.8) is 0 Å². The van der Waals surface area contributed by atoms with E-state index in [1.807, 2.05) is 0 Å². The predicted molar refractivity (Wildman–Crippen MR) is 58.8 cm³/mol. The number of methoxy groups -OCH3 is 2. The van der Waals surface area contributed by atoms with Gasteiger partial charge in [0, 0.05) is 0 Å². The Kier molecular flexibility index (Phi) is 3.97.